The summed E-state index contributed by atoms with van der Waals surface area (Å²) in [5.74, 6) is 0.157. The van der Waals surface area contributed by atoms with Gasteiger partial charge in [0.1, 0.15) is 0 Å². The van der Waals surface area contributed by atoms with Crippen LogP contribution in [-0.4, -0.2) is 11.0 Å². The molecular weight excluding hydrogens is 132 g/mol. The molecule has 0 saturated carbocycles. The van der Waals surface area contributed by atoms with Gasteiger partial charge in [0.2, 0.25) is 0 Å². The maximum atomic E-state index is 8.48. The van der Waals surface area contributed by atoms with E-state index in [-0.39, 0.29) is 5.94 Å². The quantitative estimate of drug-likeness (QED) is 0.498. The molecule has 2 heteroatoms. The Balaban J connectivity index is 2.61. The second-order valence-electron chi connectivity index (χ2n) is 1.59. The highest BCUT2D eigenvalue weighted by atomic mass is 32.2. The van der Waals surface area contributed by atoms with Crippen molar-refractivity contribution < 1.29 is 5.11 Å². The van der Waals surface area contributed by atoms with Gasteiger partial charge in [-0.2, -0.15) is 0 Å². The molecule has 0 heterocycles. The topological polar surface area (TPSA) is 20.2 Å². The van der Waals surface area contributed by atoms with Crippen LogP contribution in [0.4, 0.5) is 0 Å². The Morgan fingerprint density at radius 2 is 1.89 bits per heavy atom. The normalized spacial score (nSPS) is 9.44. The molecule has 0 aliphatic rings. The van der Waals surface area contributed by atoms with E-state index in [0.717, 1.165) is 4.90 Å². The molecule has 0 aromatic heterocycles. The van der Waals surface area contributed by atoms with Gasteiger partial charge in [0, 0.05) is 4.90 Å². The highest BCUT2D eigenvalue weighted by Crippen LogP contribution is 2.14. The molecule has 0 aliphatic carbocycles. The van der Waals surface area contributed by atoms with E-state index in [0.29, 0.717) is 0 Å². The van der Waals surface area contributed by atoms with Crippen LogP contribution in [-0.2, 0) is 0 Å². The number of thioether (sulfide) groups is 1. The van der Waals surface area contributed by atoms with Gasteiger partial charge in [-0.3, -0.25) is 0 Å². The molecule has 9 heavy (non-hydrogen) atoms. The largest absolute Gasteiger partial charge is 0.385 e. The summed E-state index contributed by atoms with van der Waals surface area (Å²) in [6.07, 6.45) is 0. The van der Waals surface area contributed by atoms with Crippen LogP contribution in [0, 0.1) is 0 Å². The summed E-state index contributed by atoms with van der Waals surface area (Å²) in [6, 6.07) is 9.82. The zero-order valence-electron chi connectivity index (χ0n) is 4.95. The first-order chi connectivity index (χ1) is 4.43. The molecule has 0 fully saturated rings. The predicted molar refractivity (Wildman–Crippen MR) is 39.4 cm³/mol. The van der Waals surface area contributed by atoms with Crippen LogP contribution in [0.3, 0.4) is 0 Å². The lowest BCUT2D eigenvalue weighted by molar-refractivity contribution is 0.375. The third kappa shape index (κ3) is 2.08. The third-order valence-electron chi connectivity index (χ3n) is 0.974. The monoisotopic (exact) mass is 140 g/mol. The summed E-state index contributed by atoms with van der Waals surface area (Å²) in [7, 11) is 0. The summed E-state index contributed by atoms with van der Waals surface area (Å²) in [5.41, 5.74) is 0. The van der Waals surface area contributed by atoms with Crippen LogP contribution in [0.2, 0.25) is 0 Å². The molecule has 1 nitrogen and oxygen atoms in total. The van der Waals surface area contributed by atoms with E-state index in [1.54, 1.807) is 0 Å². The fourth-order valence-electron chi connectivity index (χ4n) is 0.591. The number of rotatable bonds is 2. The highest BCUT2D eigenvalue weighted by Gasteiger charge is 1.85. The lowest BCUT2D eigenvalue weighted by atomic mass is 10.4. The zero-order chi connectivity index (χ0) is 6.53. The molecule has 0 amide bonds. The van der Waals surface area contributed by atoms with Gasteiger partial charge < -0.3 is 5.11 Å². The lowest BCUT2D eigenvalue weighted by Crippen LogP contribution is -1.72. The number of hydrogen-bond donors (Lipinski definition) is 1. The first-order valence-corrected chi connectivity index (χ1v) is 3.71. The van der Waals surface area contributed by atoms with Gasteiger partial charge in [0.25, 0.3) is 0 Å². The molecule has 0 atom stereocenters. The molecule has 1 rings (SSSR count). The van der Waals surface area contributed by atoms with Crippen molar-refractivity contribution in [1.29, 1.82) is 0 Å². The Morgan fingerprint density at radius 1 is 1.22 bits per heavy atom. The SMILES string of the molecule is OCSc1ccccc1. The highest BCUT2D eigenvalue weighted by molar-refractivity contribution is 7.99. The molecule has 0 aliphatic heterocycles. The standard InChI is InChI=1S/C7H8OS/c8-6-9-7-4-2-1-3-5-7/h1-5,8H,6H2. The summed E-state index contributed by atoms with van der Waals surface area (Å²) < 4.78 is 0. The van der Waals surface area contributed by atoms with E-state index < -0.39 is 0 Å². The summed E-state index contributed by atoms with van der Waals surface area (Å²) in [6.45, 7) is 0. The molecule has 1 aromatic rings. The van der Waals surface area contributed by atoms with E-state index in [1.165, 1.54) is 11.8 Å². The van der Waals surface area contributed by atoms with Crippen molar-refractivity contribution in [3.63, 3.8) is 0 Å². The third-order valence-corrected chi connectivity index (χ3v) is 1.71. The van der Waals surface area contributed by atoms with E-state index in [4.69, 9.17) is 5.11 Å². The fraction of sp³-hybridized carbons (Fsp3) is 0.143. The lowest BCUT2D eigenvalue weighted by Gasteiger charge is -1.93. The van der Waals surface area contributed by atoms with Crippen LogP contribution in [0.1, 0.15) is 0 Å². The number of benzene rings is 1. The Hall–Kier alpha value is -0.470. The molecule has 1 aromatic carbocycles. The predicted octanol–water partition coefficient (Wildman–Crippen LogP) is 1.73. The molecule has 48 valence electrons. The van der Waals surface area contributed by atoms with Crippen LogP contribution >= 0.6 is 11.8 Å². The van der Waals surface area contributed by atoms with Gasteiger partial charge in [0.15, 0.2) is 0 Å². The molecule has 0 unspecified atom stereocenters. The van der Waals surface area contributed by atoms with Gasteiger partial charge in [-0.25, -0.2) is 0 Å². The van der Waals surface area contributed by atoms with Crippen molar-refractivity contribution in [1.82, 2.24) is 0 Å². The second-order valence-corrected chi connectivity index (χ2v) is 2.60. The molecule has 0 radical (unpaired) electrons. The average molecular weight is 140 g/mol. The summed E-state index contributed by atoms with van der Waals surface area (Å²) in [5, 5.41) is 8.48. The van der Waals surface area contributed by atoms with E-state index in [1.807, 2.05) is 30.3 Å². The molecule has 0 spiro atoms. The smallest absolute Gasteiger partial charge is 0.0932 e. The Kier molecular flexibility index (Phi) is 2.61. The Morgan fingerprint density at radius 3 is 2.44 bits per heavy atom. The van der Waals surface area contributed by atoms with Crippen LogP contribution in [0.5, 0.6) is 0 Å². The van der Waals surface area contributed by atoms with Crippen molar-refractivity contribution >= 4 is 11.8 Å². The van der Waals surface area contributed by atoms with Crippen molar-refractivity contribution in [3.8, 4) is 0 Å². The van der Waals surface area contributed by atoms with Crippen LogP contribution in [0.25, 0.3) is 0 Å². The number of hydrogen-bond acceptors (Lipinski definition) is 2. The molecule has 0 saturated heterocycles. The maximum Gasteiger partial charge on any atom is 0.0932 e. The van der Waals surface area contributed by atoms with Gasteiger partial charge in [-0.05, 0) is 12.1 Å². The Labute approximate surface area is 58.7 Å². The molecule has 0 bridgehead atoms. The van der Waals surface area contributed by atoms with E-state index >= 15 is 0 Å². The van der Waals surface area contributed by atoms with Gasteiger partial charge in [-0.15, -0.1) is 0 Å². The van der Waals surface area contributed by atoms with Crippen molar-refractivity contribution in [2.75, 3.05) is 5.94 Å². The first kappa shape index (κ1) is 6.65. The molecular formula is C7H8OS. The number of aliphatic hydroxyl groups is 1. The van der Waals surface area contributed by atoms with Gasteiger partial charge in [-0.1, -0.05) is 30.0 Å². The second kappa shape index (κ2) is 3.54. The van der Waals surface area contributed by atoms with Gasteiger partial charge >= 0.3 is 0 Å². The van der Waals surface area contributed by atoms with Crippen molar-refractivity contribution in [2.24, 2.45) is 0 Å². The van der Waals surface area contributed by atoms with Gasteiger partial charge in [0.05, 0.1) is 5.94 Å². The average Bonchev–Trinajstić information content (AvgIpc) is 1.91. The Bertz CT molecular complexity index is 162. The minimum absolute atomic E-state index is 0.157. The van der Waals surface area contributed by atoms with E-state index in [2.05, 4.69) is 0 Å². The minimum Gasteiger partial charge on any atom is -0.385 e. The van der Waals surface area contributed by atoms with Crippen LogP contribution < -0.4 is 0 Å². The minimum atomic E-state index is 0.157. The zero-order valence-corrected chi connectivity index (χ0v) is 5.77. The number of aliphatic hydroxyl groups excluding tert-OH is 1. The first-order valence-electron chi connectivity index (χ1n) is 2.72. The fourth-order valence-corrected chi connectivity index (χ4v) is 1.09. The summed E-state index contributed by atoms with van der Waals surface area (Å²) in [4.78, 5) is 1.11. The molecule has 1 N–H and O–H groups in total. The maximum absolute atomic E-state index is 8.48. The van der Waals surface area contributed by atoms with E-state index in [9.17, 15) is 0 Å². The van der Waals surface area contributed by atoms with Crippen molar-refractivity contribution in [3.05, 3.63) is 30.3 Å². The summed E-state index contributed by atoms with van der Waals surface area (Å²) >= 11 is 1.43. The van der Waals surface area contributed by atoms with Crippen molar-refractivity contribution in [2.45, 2.75) is 4.90 Å². The van der Waals surface area contributed by atoms with Crippen LogP contribution in [0.15, 0.2) is 35.2 Å².